The number of piperidine rings is 1. The van der Waals surface area contributed by atoms with E-state index >= 15 is 0 Å². The summed E-state index contributed by atoms with van der Waals surface area (Å²) >= 11 is 0. The first-order valence-electron chi connectivity index (χ1n) is 7.73. The van der Waals surface area contributed by atoms with Crippen molar-refractivity contribution in [3.8, 4) is 0 Å². The van der Waals surface area contributed by atoms with Gasteiger partial charge in [-0.1, -0.05) is 6.07 Å². The summed E-state index contributed by atoms with van der Waals surface area (Å²) < 4.78 is 42.7. The lowest BCUT2D eigenvalue weighted by Crippen LogP contribution is -2.45. The lowest BCUT2D eigenvalue weighted by Gasteiger charge is -2.42. The average Bonchev–Trinajstić information content (AvgIpc) is 2.53. The van der Waals surface area contributed by atoms with Crippen LogP contribution in [0.5, 0.6) is 0 Å². The second kappa shape index (κ2) is 7.59. The fourth-order valence-corrected chi connectivity index (χ4v) is 3.12. The third-order valence-corrected chi connectivity index (χ3v) is 4.43. The van der Waals surface area contributed by atoms with E-state index in [1.165, 1.54) is 12.3 Å². The highest BCUT2D eigenvalue weighted by Gasteiger charge is 2.35. The van der Waals surface area contributed by atoms with E-state index in [0.717, 1.165) is 37.4 Å². The Morgan fingerprint density at radius 1 is 1.39 bits per heavy atom. The predicted octanol–water partition coefficient (Wildman–Crippen LogP) is 2.71. The van der Waals surface area contributed by atoms with E-state index in [4.69, 9.17) is 4.74 Å². The largest absolute Gasteiger partial charge is 0.433 e. The van der Waals surface area contributed by atoms with E-state index in [2.05, 4.69) is 9.88 Å². The van der Waals surface area contributed by atoms with Crippen molar-refractivity contribution in [3.05, 3.63) is 29.6 Å². The number of pyridine rings is 1. The molecule has 1 N–H and O–H groups in total. The van der Waals surface area contributed by atoms with Crippen LogP contribution in [0.4, 0.5) is 13.2 Å². The molecule has 4 nitrogen and oxygen atoms in total. The quantitative estimate of drug-likeness (QED) is 0.870. The lowest BCUT2D eigenvalue weighted by molar-refractivity contribution is -0.141. The molecule has 0 unspecified atom stereocenters. The highest BCUT2D eigenvalue weighted by Crippen LogP contribution is 2.34. The smallest absolute Gasteiger partial charge is 0.396 e. The van der Waals surface area contributed by atoms with Crippen molar-refractivity contribution in [1.29, 1.82) is 0 Å². The van der Waals surface area contributed by atoms with Crippen molar-refractivity contribution < 1.29 is 23.0 Å². The van der Waals surface area contributed by atoms with Gasteiger partial charge in [-0.15, -0.1) is 0 Å². The molecule has 0 amide bonds. The highest BCUT2D eigenvalue weighted by atomic mass is 19.4. The van der Waals surface area contributed by atoms with Gasteiger partial charge in [0, 0.05) is 38.4 Å². The first-order valence-corrected chi connectivity index (χ1v) is 7.73. The van der Waals surface area contributed by atoms with Crippen molar-refractivity contribution in [2.75, 3.05) is 33.4 Å². The number of aromatic nitrogens is 1. The van der Waals surface area contributed by atoms with Gasteiger partial charge in [-0.05, 0) is 37.4 Å². The molecule has 1 atom stereocenters. The minimum absolute atomic E-state index is 0.0954. The summed E-state index contributed by atoms with van der Waals surface area (Å²) in [6.07, 6.45) is -0.447. The van der Waals surface area contributed by atoms with Crippen LogP contribution in [0.15, 0.2) is 18.3 Å². The Balaban J connectivity index is 1.99. The van der Waals surface area contributed by atoms with Crippen LogP contribution < -0.4 is 0 Å². The Labute approximate surface area is 134 Å². The zero-order chi connectivity index (χ0) is 16.9. The van der Waals surface area contributed by atoms with Gasteiger partial charge in [-0.3, -0.25) is 9.88 Å². The van der Waals surface area contributed by atoms with E-state index in [-0.39, 0.29) is 12.0 Å². The molecule has 1 aliphatic rings. The molecule has 0 saturated carbocycles. The summed E-state index contributed by atoms with van der Waals surface area (Å²) in [5.41, 5.74) is -0.309. The molecule has 1 aromatic rings. The molecule has 2 heterocycles. The summed E-state index contributed by atoms with van der Waals surface area (Å²) in [6.45, 7) is 2.82. The standard InChI is InChI=1S/C16H23F3N2O2/c1-23-8-6-15(12-22)5-2-7-21(11-15)10-13-3-4-14(20-9-13)16(17,18)19/h3-4,9,22H,2,5-8,10-12H2,1H3/t15-/m1/s1. The van der Waals surface area contributed by atoms with E-state index in [1.807, 2.05) is 0 Å². The highest BCUT2D eigenvalue weighted by molar-refractivity contribution is 5.16. The molecule has 1 aliphatic heterocycles. The molecule has 7 heteroatoms. The minimum Gasteiger partial charge on any atom is -0.396 e. The van der Waals surface area contributed by atoms with Crippen LogP contribution in [-0.4, -0.2) is 48.4 Å². The molecule has 1 aromatic heterocycles. The SMILES string of the molecule is COCC[C@]1(CO)CCCN(Cc2ccc(C(F)(F)F)nc2)C1. The van der Waals surface area contributed by atoms with Crippen LogP contribution in [0, 0.1) is 5.41 Å². The van der Waals surface area contributed by atoms with Crippen LogP contribution in [0.2, 0.25) is 0 Å². The van der Waals surface area contributed by atoms with Gasteiger partial charge in [0.2, 0.25) is 0 Å². The second-order valence-electron chi connectivity index (χ2n) is 6.26. The molecule has 2 rings (SSSR count). The van der Waals surface area contributed by atoms with Crippen molar-refractivity contribution in [2.45, 2.75) is 32.0 Å². The Kier molecular flexibility index (Phi) is 6.00. The monoisotopic (exact) mass is 332 g/mol. The number of hydrogen-bond donors (Lipinski definition) is 1. The fourth-order valence-electron chi connectivity index (χ4n) is 3.12. The van der Waals surface area contributed by atoms with E-state index in [9.17, 15) is 18.3 Å². The molecule has 1 saturated heterocycles. The summed E-state index contributed by atoms with van der Waals surface area (Å²) in [7, 11) is 1.64. The molecule has 1 fully saturated rings. The number of ether oxygens (including phenoxy) is 1. The Morgan fingerprint density at radius 2 is 2.17 bits per heavy atom. The molecule has 0 aliphatic carbocycles. The Morgan fingerprint density at radius 3 is 2.74 bits per heavy atom. The first-order chi connectivity index (χ1) is 10.9. The number of halogens is 3. The normalized spacial score (nSPS) is 23.2. The maximum absolute atomic E-state index is 12.5. The molecule has 0 aromatic carbocycles. The van der Waals surface area contributed by atoms with Gasteiger partial charge in [0.05, 0.1) is 6.61 Å². The van der Waals surface area contributed by atoms with E-state index in [0.29, 0.717) is 19.7 Å². The maximum Gasteiger partial charge on any atom is 0.433 e. The number of hydrogen-bond acceptors (Lipinski definition) is 4. The van der Waals surface area contributed by atoms with Gasteiger partial charge in [-0.25, -0.2) is 0 Å². The molecular formula is C16H23F3N2O2. The summed E-state index contributed by atoms with van der Waals surface area (Å²) in [6, 6.07) is 2.49. The van der Waals surface area contributed by atoms with E-state index < -0.39 is 11.9 Å². The number of aliphatic hydroxyl groups is 1. The van der Waals surface area contributed by atoms with Crippen LogP contribution in [-0.2, 0) is 17.5 Å². The van der Waals surface area contributed by atoms with E-state index in [1.54, 1.807) is 7.11 Å². The van der Waals surface area contributed by atoms with Gasteiger partial charge in [0.15, 0.2) is 0 Å². The number of rotatable bonds is 6. The summed E-state index contributed by atoms with van der Waals surface area (Å²) in [5, 5.41) is 9.76. The van der Waals surface area contributed by atoms with Crippen molar-refractivity contribution in [3.63, 3.8) is 0 Å². The summed E-state index contributed by atoms with van der Waals surface area (Å²) in [4.78, 5) is 5.67. The van der Waals surface area contributed by atoms with Crippen molar-refractivity contribution in [1.82, 2.24) is 9.88 Å². The molecular weight excluding hydrogens is 309 g/mol. The Bertz CT molecular complexity index is 493. The zero-order valence-electron chi connectivity index (χ0n) is 13.3. The number of aliphatic hydroxyl groups excluding tert-OH is 1. The van der Waals surface area contributed by atoms with Gasteiger partial charge in [-0.2, -0.15) is 13.2 Å². The number of likely N-dealkylation sites (tertiary alicyclic amines) is 1. The third kappa shape index (κ3) is 4.89. The summed E-state index contributed by atoms with van der Waals surface area (Å²) in [5.74, 6) is 0. The van der Waals surface area contributed by atoms with Crippen molar-refractivity contribution in [2.24, 2.45) is 5.41 Å². The Hall–Kier alpha value is -1.18. The topological polar surface area (TPSA) is 45.6 Å². The van der Waals surface area contributed by atoms with Gasteiger partial charge < -0.3 is 9.84 Å². The van der Waals surface area contributed by atoms with Gasteiger partial charge in [0.1, 0.15) is 5.69 Å². The maximum atomic E-state index is 12.5. The van der Waals surface area contributed by atoms with Crippen molar-refractivity contribution >= 4 is 0 Å². The number of alkyl halides is 3. The van der Waals surface area contributed by atoms with Crippen LogP contribution in [0.25, 0.3) is 0 Å². The molecule has 23 heavy (non-hydrogen) atoms. The molecule has 130 valence electrons. The zero-order valence-corrected chi connectivity index (χ0v) is 13.3. The minimum atomic E-state index is -4.41. The lowest BCUT2D eigenvalue weighted by atomic mass is 9.78. The average molecular weight is 332 g/mol. The predicted molar refractivity (Wildman–Crippen MR) is 79.8 cm³/mol. The fraction of sp³-hybridized carbons (Fsp3) is 0.688. The van der Waals surface area contributed by atoms with Gasteiger partial charge in [0.25, 0.3) is 0 Å². The molecule has 0 spiro atoms. The number of methoxy groups -OCH3 is 1. The van der Waals surface area contributed by atoms with Crippen LogP contribution in [0.3, 0.4) is 0 Å². The van der Waals surface area contributed by atoms with Crippen LogP contribution >= 0.6 is 0 Å². The second-order valence-corrected chi connectivity index (χ2v) is 6.26. The molecule has 0 radical (unpaired) electrons. The molecule has 0 bridgehead atoms. The van der Waals surface area contributed by atoms with Gasteiger partial charge >= 0.3 is 6.18 Å². The number of nitrogens with zero attached hydrogens (tertiary/aromatic N) is 2. The van der Waals surface area contributed by atoms with Crippen LogP contribution in [0.1, 0.15) is 30.5 Å². The first kappa shape index (κ1) is 18.2. The third-order valence-electron chi connectivity index (χ3n) is 4.43.